The molecule has 0 radical (unpaired) electrons. The van der Waals surface area contributed by atoms with E-state index in [9.17, 15) is 14.7 Å². The second kappa shape index (κ2) is 9.51. The average molecular weight is 447 g/mol. The molecular formula is C20H16Cl2N4O4. The molecule has 0 atom stereocenters. The van der Waals surface area contributed by atoms with Crippen LogP contribution in [0.25, 0.3) is 0 Å². The fourth-order valence-corrected chi connectivity index (χ4v) is 2.76. The van der Waals surface area contributed by atoms with Gasteiger partial charge in [-0.05, 0) is 53.7 Å². The van der Waals surface area contributed by atoms with Crippen LogP contribution in [0.2, 0.25) is 10.0 Å². The molecule has 0 aliphatic heterocycles. The number of benzene rings is 2. The molecule has 0 aliphatic rings. The molecule has 3 aromatic rings. The molecule has 1 aromatic heterocycles. The number of carbonyl (C=O) groups is 2. The van der Waals surface area contributed by atoms with Gasteiger partial charge in [0.15, 0.2) is 12.4 Å². The lowest BCUT2D eigenvalue weighted by molar-refractivity contribution is -0.745. The third-order valence-electron chi connectivity index (χ3n) is 3.95. The van der Waals surface area contributed by atoms with Crippen LogP contribution < -0.4 is 9.79 Å². The van der Waals surface area contributed by atoms with Crippen LogP contribution in [0.1, 0.15) is 33.3 Å². The first kappa shape index (κ1) is 21.5. The number of Topliss-reactive ketones (excluding diaryl/α,β-unsaturated/α-hetero) is 1. The van der Waals surface area contributed by atoms with Gasteiger partial charge in [-0.2, -0.15) is 0 Å². The van der Waals surface area contributed by atoms with Crippen molar-refractivity contribution in [2.45, 2.75) is 13.5 Å². The van der Waals surface area contributed by atoms with Crippen LogP contribution in [0, 0.1) is 0 Å². The molecule has 0 N–H and O–H groups in total. The summed E-state index contributed by atoms with van der Waals surface area (Å²) in [6, 6.07) is 13.0. The van der Waals surface area contributed by atoms with Gasteiger partial charge in [-0.1, -0.05) is 40.4 Å². The van der Waals surface area contributed by atoms with E-state index in [0.717, 1.165) is 9.47 Å². The summed E-state index contributed by atoms with van der Waals surface area (Å²) >= 11 is 11.7. The van der Waals surface area contributed by atoms with Crippen molar-refractivity contribution in [2.75, 3.05) is 6.61 Å². The van der Waals surface area contributed by atoms with Crippen molar-refractivity contribution in [1.82, 2.24) is 10.0 Å². The zero-order chi connectivity index (χ0) is 21.7. The molecule has 8 nitrogen and oxygen atoms in total. The highest BCUT2D eigenvalue weighted by Crippen LogP contribution is 2.13. The Hall–Kier alpha value is -3.23. The first-order valence-electron chi connectivity index (χ1n) is 8.85. The van der Waals surface area contributed by atoms with E-state index in [1.54, 1.807) is 55.5 Å². The first-order chi connectivity index (χ1) is 14.4. The van der Waals surface area contributed by atoms with Crippen LogP contribution in [0.4, 0.5) is 0 Å². The Morgan fingerprint density at radius 1 is 1.13 bits per heavy atom. The summed E-state index contributed by atoms with van der Waals surface area (Å²) in [5.41, 5.74) is 0.622. The van der Waals surface area contributed by atoms with Gasteiger partial charge in [0.05, 0.1) is 12.8 Å². The zero-order valence-electron chi connectivity index (χ0n) is 15.8. The highest BCUT2D eigenvalue weighted by molar-refractivity contribution is 6.30. The largest absolute Gasteiger partial charge is 0.836 e. The van der Waals surface area contributed by atoms with Crippen molar-refractivity contribution in [3.63, 3.8) is 0 Å². The van der Waals surface area contributed by atoms with Crippen LogP contribution in [0.3, 0.4) is 0 Å². The van der Waals surface area contributed by atoms with E-state index < -0.39 is 17.5 Å². The predicted molar refractivity (Wildman–Crippen MR) is 108 cm³/mol. The number of hydrogen-bond donors (Lipinski definition) is 0. The van der Waals surface area contributed by atoms with Gasteiger partial charge in [-0.25, -0.2) is 4.79 Å². The van der Waals surface area contributed by atoms with Crippen molar-refractivity contribution in [3.05, 3.63) is 75.4 Å². The molecular weight excluding hydrogens is 431 g/mol. The van der Waals surface area contributed by atoms with E-state index in [1.165, 1.54) is 6.21 Å². The highest BCUT2D eigenvalue weighted by atomic mass is 35.5. The van der Waals surface area contributed by atoms with E-state index in [4.69, 9.17) is 27.9 Å². The molecule has 3 rings (SSSR count). The lowest BCUT2D eigenvalue weighted by Gasteiger charge is -2.03. The number of ketones is 1. The molecule has 1 heterocycles. The Labute approximate surface area is 181 Å². The fourth-order valence-electron chi connectivity index (χ4n) is 2.50. The van der Waals surface area contributed by atoms with E-state index in [0.29, 0.717) is 21.2 Å². The smallest absolute Gasteiger partial charge is 0.383 e. The number of rotatable bonds is 7. The van der Waals surface area contributed by atoms with Gasteiger partial charge in [-0.15, -0.1) is 4.68 Å². The second-order valence-electron chi connectivity index (χ2n) is 6.04. The molecule has 0 saturated carbocycles. The quantitative estimate of drug-likeness (QED) is 0.240. The van der Waals surface area contributed by atoms with Gasteiger partial charge in [0, 0.05) is 15.6 Å². The Bertz CT molecular complexity index is 1090. The van der Waals surface area contributed by atoms with Gasteiger partial charge < -0.3 is 9.84 Å². The summed E-state index contributed by atoms with van der Waals surface area (Å²) in [4.78, 5) is 25.6. The molecule has 2 aromatic carbocycles. The van der Waals surface area contributed by atoms with E-state index in [1.807, 2.05) is 0 Å². The number of aromatic nitrogens is 3. The number of halogens is 2. The normalized spacial score (nSPS) is 11.0. The maximum absolute atomic E-state index is 12.7. The molecule has 0 bridgehead atoms. The molecule has 154 valence electrons. The SMILES string of the molecule is CCOC(=O)c1c([O-])n(/N=C/c2ccc(Cl)cc2)n[n+]1CC(=O)c1ccc(Cl)cc1. The number of carbonyl (C=O) groups excluding carboxylic acids is 2. The number of esters is 1. The minimum Gasteiger partial charge on any atom is -0.836 e. The predicted octanol–water partition coefficient (Wildman–Crippen LogP) is 2.49. The number of ether oxygens (including phenoxy) is 1. The highest BCUT2D eigenvalue weighted by Gasteiger charge is 2.29. The monoisotopic (exact) mass is 446 g/mol. The molecule has 0 saturated heterocycles. The van der Waals surface area contributed by atoms with Gasteiger partial charge in [0.1, 0.15) is 5.21 Å². The average Bonchev–Trinajstić information content (AvgIpc) is 3.03. The first-order valence-corrected chi connectivity index (χ1v) is 9.60. The Morgan fingerprint density at radius 2 is 1.73 bits per heavy atom. The summed E-state index contributed by atoms with van der Waals surface area (Å²) in [6.45, 7) is 1.31. The fraction of sp³-hybridized carbons (Fsp3) is 0.150. The third-order valence-corrected chi connectivity index (χ3v) is 4.45. The molecule has 0 spiro atoms. The molecule has 10 heteroatoms. The standard InChI is InChI=1S/C20H16Cl2N4O4/c1-2-30-20(29)18-19(28)26(23-11-13-3-7-15(21)8-4-13)24-25(18)12-17(27)14-5-9-16(22)10-6-14/h3-11H,2,12H2,1H3/b23-11+. The number of nitrogens with zero attached hydrogens (tertiary/aromatic N) is 4. The van der Waals surface area contributed by atoms with E-state index >= 15 is 0 Å². The minimum atomic E-state index is -0.889. The summed E-state index contributed by atoms with van der Waals surface area (Å²) in [5, 5.41) is 21.7. The molecule has 0 aliphatic carbocycles. The van der Waals surface area contributed by atoms with Gasteiger partial charge >= 0.3 is 5.97 Å². The zero-order valence-corrected chi connectivity index (χ0v) is 17.3. The topological polar surface area (TPSA) is 100 Å². The Balaban J connectivity index is 1.93. The van der Waals surface area contributed by atoms with Crippen molar-refractivity contribution in [3.8, 4) is 5.88 Å². The molecule has 0 amide bonds. The molecule has 0 unspecified atom stereocenters. The summed E-state index contributed by atoms with van der Waals surface area (Å²) < 4.78 is 5.92. The van der Waals surface area contributed by atoms with E-state index in [-0.39, 0.29) is 18.9 Å². The lowest BCUT2D eigenvalue weighted by atomic mass is 10.1. The van der Waals surface area contributed by atoms with Crippen molar-refractivity contribution in [2.24, 2.45) is 5.10 Å². The van der Waals surface area contributed by atoms with Crippen molar-refractivity contribution >= 4 is 41.2 Å². The summed E-state index contributed by atoms with van der Waals surface area (Å²) in [5.74, 6) is -2.06. The minimum absolute atomic E-state index is 0.0582. The van der Waals surface area contributed by atoms with Crippen LogP contribution in [-0.2, 0) is 11.3 Å². The molecule has 30 heavy (non-hydrogen) atoms. The molecule has 0 fully saturated rings. The van der Waals surface area contributed by atoms with Crippen LogP contribution in [0.15, 0.2) is 53.6 Å². The van der Waals surface area contributed by atoms with E-state index in [2.05, 4.69) is 10.3 Å². The van der Waals surface area contributed by atoms with Crippen LogP contribution >= 0.6 is 23.2 Å². The van der Waals surface area contributed by atoms with Crippen LogP contribution in [-0.4, -0.2) is 34.6 Å². The van der Waals surface area contributed by atoms with Crippen molar-refractivity contribution in [1.29, 1.82) is 0 Å². The van der Waals surface area contributed by atoms with Gasteiger partial charge in [0.25, 0.3) is 5.69 Å². The summed E-state index contributed by atoms with van der Waals surface area (Å²) in [6.07, 6.45) is 1.38. The maximum Gasteiger partial charge on any atom is 0.383 e. The third kappa shape index (κ3) is 5.03. The Kier molecular flexibility index (Phi) is 6.81. The van der Waals surface area contributed by atoms with Gasteiger partial charge in [0.2, 0.25) is 5.78 Å². The number of hydrogen-bond acceptors (Lipinski definition) is 6. The Morgan fingerprint density at radius 3 is 2.33 bits per heavy atom. The second-order valence-corrected chi connectivity index (χ2v) is 6.91. The van der Waals surface area contributed by atoms with Gasteiger partial charge in [-0.3, -0.25) is 4.79 Å². The maximum atomic E-state index is 12.7. The van der Waals surface area contributed by atoms with Crippen molar-refractivity contribution < 1.29 is 24.1 Å². The van der Waals surface area contributed by atoms with Crippen LogP contribution in [0.5, 0.6) is 5.88 Å². The summed E-state index contributed by atoms with van der Waals surface area (Å²) in [7, 11) is 0. The lowest BCUT2D eigenvalue weighted by Crippen LogP contribution is -2.45.